The molecule has 4 nitrogen and oxygen atoms in total. The Kier molecular flexibility index (Phi) is 4.71. The summed E-state index contributed by atoms with van der Waals surface area (Å²) >= 11 is 0. The van der Waals surface area contributed by atoms with Crippen molar-refractivity contribution in [2.24, 2.45) is 0 Å². The first kappa shape index (κ1) is 9.48. The van der Waals surface area contributed by atoms with Crippen LogP contribution in [-0.4, -0.2) is 50.7 Å². The third-order valence-corrected chi connectivity index (χ3v) is 1.95. The molecule has 1 fully saturated rings. The summed E-state index contributed by atoms with van der Waals surface area (Å²) in [7, 11) is 0. The van der Waals surface area contributed by atoms with Crippen molar-refractivity contribution < 1.29 is 9.53 Å². The van der Waals surface area contributed by atoms with Gasteiger partial charge in [0.2, 0.25) is 0 Å². The molecule has 0 saturated carbocycles. The third-order valence-electron chi connectivity index (χ3n) is 1.95. The van der Waals surface area contributed by atoms with E-state index in [2.05, 4.69) is 10.2 Å². The SMILES string of the molecule is O=[C]NCCCN1CCOCC1. The molecule has 1 aliphatic rings. The molecule has 0 aromatic carbocycles. The average Bonchev–Trinajstić information content (AvgIpc) is 2.14. The lowest BCUT2D eigenvalue weighted by Gasteiger charge is -2.26. The standard InChI is InChI=1S/C8H15N2O2/c11-8-9-2-1-3-10-4-6-12-7-5-10/h1-7H2,(H,9,11). The summed E-state index contributed by atoms with van der Waals surface area (Å²) < 4.78 is 5.21. The lowest BCUT2D eigenvalue weighted by molar-refractivity contribution is 0.0376. The van der Waals surface area contributed by atoms with Crippen molar-refractivity contribution in [1.82, 2.24) is 10.2 Å². The number of hydrogen-bond donors (Lipinski definition) is 1. The van der Waals surface area contributed by atoms with Crippen LogP contribution in [0.4, 0.5) is 0 Å². The van der Waals surface area contributed by atoms with E-state index >= 15 is 0 Å². The summed E-state index contributed by atoms with van der Waals surface area (Å²) in [6, 6.07) is 0. The molecule has 1 saturated heterocycles. The van der Waals surface area contributed by atoms with Crippen molar-refractivity contribution in [3.63, 3.8) is 0 Å². The summed E-state index contributed by atoms with van der Waals surface area (Å²) in [5.41, 5.74) is 0. The Morgan fingerprint density at radius 2 is 2.17 bits per heavy atom. The van der Waals surface area contributed by atoms with Crippen LogP contribution in [0.25, 0.3) is 0 Å². The minimum atomic E-state index is 0.723. The summed E-state index contributed by atoms with van der Waals surface area (Å²) in [5.74, 6) is 0. The molecule has 0 atom stereocenters. The van der Waals surface area contributed by atoms with Crippen LogP contribution in [0.1, 0.15) is 6.42 Å². The number of rotatable bonds is 5. The summed E-state index contributed by atoms with van der Waals surface area (Å²) in [6.45, 7) is 5.48. The van der Waals surface area contributed by atoms with Gasteiger partial charge in [0.1, 0.15) is 0 Å². The maximum Gasteiger partial charge on any atom is 0.309 e. The van der Waals surface area contributed by atoms with Crippen LogP contribution in [0.15, 0.2) is 0 Å². The number of ether oxygens (including phenoxy) is 1. The van der Waals surface area contributed by atoms with Gasteiger partial charge in [-0.3, -0.25) is 9.69 Å². The summed E-state index contributed by atoms with van der Waals surface area (Å²) in [6.07, 6.45) is 2.66. The number of amides is 1. The first-order valence-electron chi connectivity index (χ1n) is 4.33. The second kappa shape index (κ2) is 5.97. The highest BCUT2D eigenvalue weighted by molar-refractivity contribution is 5.46. The van der Waals surface area contributed by atoms with E-state index in [9.17, 15) is 4.79 Å². The molecule has 0 aromatic rings. The lowest BCUT2D eigenvalue weighted by Crippen LogP contribution is -2.37. The Morgan fingerprint density at radius 3 is 2.83 bits per heavy atom. The number of carbonyl (C=O) groups excluding carboxylic acids is 1. The fourth-order valence-corrected chi connectivity index (χ4v) is 1.27. The monoisotopic (exact) mass is 171 g/mol. The van der Waals surface area contributed by atoms with E-state index in [0.717, 1.165) is 45.8 Å². The quantitative estimate of drug-likeness (QED) is 0.442. The molecule has 1 amide bonds. The summed E-state index contributed by atoms with van der Waals surface area (Å²) in [4.78, 5) is 12.1. The molecule has 0 bridgehead atoms. The number of nitrogens with zero attached hydrogens (tertiary/aromatic N) is 1. The minimum Gasteiger partial charge on any atom is -0.379 e. The van der Waals surface area contributed by atoms with Gasteiger partial charge in [-0.2, -0.15) is 0 Å². The van der Waals surface area contributed by atoms with Gasteiger partial charge in [0.15, 0.2) is 0 Å². The Hall–Kier alpha value is -0.610. The molecule has 1 rings (SSSR count). The van der Waals surface area contributed by atoms with Crippen molar-refractivity contribution in [3.05, 3.63) is 0 Å². The van der Waals surface area contributed by atoms with Gasteiger partial charge in [0.05, 0.1) is 13.2 Å². The largest absolute Gasteiger partial charge is 0.379 e. The van der Waals surface area contributed by atoms with Gasteiger partial charge in [0.25, 0.3) is 0 Å². The van der Waals surface area contributed by atoms with E-state index in [-0.39, 0.29) is 0 Å². The first-order chi connectivity index (χ1) is 5.93. The van der Waals surface area contributed by atoms with Crippen LogP contribution >= 0.6 is 0 Å². The van der Waals surface area contributed by atoms with Crippen molar-refractivity contribution in [3.8, 4) is 0 Å². The predicted octanol–water partition coefficient (Wildman–Crippen LogP) is -0.635. The summed E-state index contributed by atoms with van der Waals surface area (Å²) in [5, 5.41) is 2.52. The van der Waals surface area contributed by atoms with Gasteiger partial charge in [-0.1, -0.05) is 0 Å². The Bertz CT molecular complexity index is 124. The van der Waals surface area contributed by atoms with Gasteiger partial charge in [-0.05, 0) is 13.0 Å². The van der Waals surface area contributed by atoms with Crippen molar-refractivity contribution >= 4 is 6.41 Å². The number of morpholine rings is 1. The fraction of sp³-hybridized carbons (Fsp3) is 0.875. The van der Waals surface area contributed by atoms with Crippen LogP contribution in [0, 0.1) is 0 Å². The zero-order chi connectivity index (χ0) is 8.65. The lowest BCUT2D eigenvalue weighted by atomic mass is 10.3. The highest BCUT2D eigenvalue weighted by Gasteiger charge is 2.08. The average molecular weight is 171 g/mol. The highest BCUT2D eigenvalue weighted by Crippen LogP contribution is 1.96. The van der Waals surface area contributed by atoms with Crippen LogP contribution < -0.4 is 5.32 Å². The van der Waals surface area contributed by atoms with Gasteiger partial charge < -0.3 is 10.1 Å². The van der Waals surface area contributed by atoms with Crippen molar-refractivity contribution in [2.45, 2.75) is 6.42 Å². The van der Waals surface area contributed by atoms with Gasteiger partial charge in [0, 0.05) is 19.6 Å². The van der Waals surface area contributed by atoms with E-state index in [0.29, 0.717) is 0 Å². The van der Waals surface area contributed by atoms with E-state index in [1.165, 1.54) is 0 Å². The Morgan fingerprint density at radius 1 is 1.42 bits per heavy atom. The second-order valence-corrected chi connectivity index (χ2v) is 2.84. The van der Waals surface area contributed by atoms with Gasteiger partial charge in [-0.15, -0.1) is 0 Å². The maximum absolute atomic E-state index is 9.79. The van der Waals surface area contributed by atoms with Gasteiger partial charge in [-0.25, -0.2) is 0 Å². The minimum absolute atomic E-state index is 0.723. The van der Waals surface area contributed by atoms with Crippen LogP contribution in [-0.2, 0) is 9.53 Å². The van der Waals surface area contributed by atoms with E-state index in [1.54, 1.807) is 6.41 Å². The molecule has 1 radical (unpaired) electrons. The molecule has 1 N–H and O–H groups in total. The van der Waals surface area contributed by atoms with Crippen molar-refractivity contribution in [1.29, 1.82) is 0 Å². The van der Waals surface area contributed by atoms with Crippen LogP contribution in [0.3, 0.4) is 0 Å². The van der Waals surface area contributed by atoms with E-state index in [1.807, 2.05) is 0 Å². The molecule has 69 valence electrons. The number of hydrogen-bond acceptors (Lipinski definition) is 3. The molecular weight excluding hydrogens is 156 g/mol. The fourth-order valence-electron chi connectivity index (χ4n) is 1.27. The molecule has 0 aromatic heterocycles. The number of nitrogens with one attached hydrogen (secondary N) is 1. The zero-order valence-electron chi connectivity index (χ0n) is 7.21. The normalized spacial score (nSPS) is 19.0. The zero-order valence-corrected chi connectivity index (χ0v) is 7.21. The Labute approximate surface area is 72.9 Å². The maximum atomic E-state index is 9.79. The molecule has 0 unspecified atom stereocenters. The molecule has 0 aliphatic carbocycles. The van der Waals surface area contributed by atoms with Gasteiger partial charge >= 0.3 is 6.41 Å². The van der Waals surface area contributed by atoms with Crippen molar-refractivity contribution in [2.75, 3.05) is 39.4 Å². The highest BCUT2D eigenvalue weighted by atomic mass is 16.5. The molecule has 0 spiro atoms. The molecule has 1 aliphatic heterocycles. The molecule has 12 heavy (non-hydrogen) atoms. The second-order valence-electron chi connectivity index (χ2n) is 2.84. The Balaban J connectivity index is 1.94. The topological polar surface area (TPSA) is 41.6 Å². The van der Waals surface area contributed by atoms with E-state index < -0.39 is 0 Å². The molecule has 4 heteroatoms. The third kappa shape index (κ3) is 3.69. The molecular formula is C8H15N2O2. The first-order valence-corrected chi connectivity index (χ1v) is 4.33. The van der Waals surface area contributed by atoms with Crippen LogP contribution in [0.2, 0.25) is 0 Å². The van der Waals surface area contributed by atoms with E-state index in [4.69, 9.17) is 4.74 Å². The smallest absolute Gasteiger partial charge is 0.309 e. The predicted molar refractivity (Wildman–Crippen MR) is 45.6 cm³/mol. The molecule has 1 heterocycles. The van der Waals surface area contributed by atoms with Crippen LogP contribution in [0.5, 0.6) is 0 Å².